The van der Waals surface area contributed by atoms with Gasteiger partial charge in [0.2, 0.25) is 0 Å². The minimum absolute atomic E-state index is 0.615. The van der Waals surface area contributed by atoms with Crippen LogP contribution in [0.2, 0.25) is 5.02 Å². The molecule has 2 heterocycles. The standard InChI is InChI=1S/C26H21ClN4O2/c1-32-20-9-5-7-18(13-20)24-15-28-17-30(24)31-25(19-8-6-10-21(14-19)33-2)16-29-26(31)22-11-3-4-12-23(22)27/h3-17H,1-2H3. The SMILES string of the molecule is COc1cccc(-c2cncn2-n2c(-c3cccc(OC)c3)cnc2-c2ccccc2Cl)c1. The van der Waals surface area contributed by atoms with Crippen molar-refractivity contribution in [1.29, 1.82) is 0 Å². The molecule has 5 aromatic rings. The number of methoxy groups -OCH3 is 2. The predicted molar refractivity (Wildman–Crippen MR) is 130 cm³/mol. The quantitative estimate of drug-likeness (QED) is 0.311. The van der Waals surface area contributed by atoms with E-state index >= 15 is 0 Å². The second-order valence-electron chi connectivity index (χ2n) is 7.35. The second-order valence-corrected chi connectivity index (χ2v) is 7.75. The average molecular weight is 457 g/mol. The molecule has 0 saturated heterocycles. The zero-order chi connectivity index (χ0) is 22.8. The number of nitrogens with zero attached hydrogens (tertiary/aromatic N) is 4. The Bertz CT molecular complexity index is 1420. The van der Waals surface area contributed by atoms with E-state index in [4.69, 9.17) is 26.1 Å². The van der Waals surface area contributed by atoms with E-state index in [2.05, 4.69) is 4.98 Å². The van der Waals surface area contributed by atoms with Gasteiger partial charge >= 0.3 is 0 Å². The molecule has 0 radical (unpaired) electrons. The van der Waals surface area contributed by atoms with Crippen molar-refractivity contribution < 1.29 is 9.47 Å². The zero-order valence-corrected chi connectivity index (χ0v) is 18.9. The summed E-state index contributed by atoms with van der Waals surface area (Å²) >= 11 is 6.58. The molecule has 0 aliphatic rings. The molecule has 33 heavy (non-hydrogen) atoms. The van der Waals surface area contributed by atoms with Gasteiger partial charge in [-0.05, 0) is 36.4 Å². The number of ether oxygens (including phenoxy) is 2. The molecule has 0 aliphatic heterocycles. The molecule has 0 unspecified atom stereocenters. The van der Waals surface area contributed by atoms with Crippen molar-refractivity contribution in [2.45, 2.75) is 0 Å². The minimum atomic E-state index is 0.615. The molecule has 0 aliphatic carbocycles. The fourth-order valence-corrected chi connectivity index (χ4v) is 4.03. The van der Waals surface area contributed by atoms with Gasteiger partial charge in [0.25, 0.3) is 0 Å². The lowest BCUT2D eigenvalue weighted by Gasteiger charge is -2.17. The van der Waals surface area contributed by atoms with Gasteiger partial charge in [-0.15, -0.1) is 0 Å². The number of rotatable bonds is 6. The molecule has 0 saturated carbocycles. The van der Waals surface area contributed by atoms with Gasteiger partial charge in [0, 0.05) is 16.7 Å². The van der Waals surface area contributed by atoms with Gasteiger partial charge in [0.05, 0.1) is 43.0 Å². The molecule has 2 aromatic heterocycles. The third-order valence-electron chi connectivity index (χ3n) is 5.42. The summed E-state index contributed by atoms with van der Waals surface area (Å²) in [5, 5.41) is 0.615. The maximum absolute atomic E-state index is 6.58. The largest absolute Gasteiger partial charge is 0.497 e. The van der Waals surface area contributed by atoms with E-state index in [-0.39, 0.29) is 0 Å². The number of imidazole rings is 2. The first-order valence-electron chi connectivity index (χ1n) is 10.3. The van der Waals surface area contributed by atoms with Crippen molar-refractivity contribution in [1.82, 2.24) is 19.3 Å². The van der Waals surface area contributed by atoms with Gasteiger partial charge in [-0.2, -0.15) is 0 Å². The number of benzene rings is 3. The predicted octanol–water partition coefficient (Wildman–Crippen LogP) is 6.06. The summed E-state index contributed by atoms with van der Waals surface area (Å²) in [6.45, 7) is 0. The van der Waals surface area contributed by atoms with E-state index in [1.807, 2.05) is 94.5 Å². The Kier molecular flexibility index (Phi) is 5.59. The molecule has 0 bridgehead atoms. The number of halogens is 1. The van der Waals surface area contributed by atoms with Crippen molar-refractivity contribution in [2.24, 2.45) is 0 Å². The van der Waals surface area contributed by atoms with Gasteiger partial charge in [0.15, 0.2) is 5.82 Å². The van der Waals surface area contributed by atoms with Crippen molar-refractivity contribution in [3.05, 3.63) is 96.5 Å². The Balaban J connectivity index is 1.77. The second kappa shape index (κ2) is 8.84. The molecular formula is C26H21ClN4O2. The lowest BCUT2D eigenvalue weighted by molar-refractivity contribution is 0.415. The van der Waals surface area contributed by atoms with Crippen LogP contribution >= 0.6 is 11.6 Å². The Labute approximate surface area is 196 Å². The van der Waals surface area contributed by atoms with Crippen LogP contribution < -0.4 is 9.47 Å². The highest BCUT2D eigenvalue weighted by molar-refractivity contribution is 6.33. The molecule has 6 nitrogen and oxygen atoms in total. The van der Waals surface area contributed by atoms with Crippen molar-refractivity contribution >= 4 is 11.6 Å². The monoisotopic (exact) mass is 456 g/mol. The van der Waals surface area contributed by atoms with Gasteiger partial charge in [-0.25, -0.2) is 19.3 Å². The summed E-state index contributed by atoms with van der Waals surface area (Å²) in [7, 11) is 3.31. The van der Waals surface area contributed by atoms with E-state index in [1.54, 1.807) is 20.5 Å². The van der Waals surface area contributed by atoms with Gasteiger partial charge in [0.1, 0.15) is 17.8 Å². The maximum Gasteiger partial charge on any atom is 0.161 e. The zero-order valence-electron chi connectivity index (χ0n) is 18.1. The van der Waals surface area contributed by atoms with E-state index < -0.39 is 0 Å². The highest BCUT2D eigenvalue weighted by Gasteiger charge is 2.20. The van der Waals surface area contributed by atoms with E-state index in [0.29, 0.717) is 10.8 Å². The van der Waals surface area contributed by atoms with Crippen LogP contribution in [0, 0.1) is 0 Å². The van der Waals surface area contributed by atoms with Crippen LogP contribution in [0.3, 0.4) is 0 Å². The fourth-order valence-electron chi connectivity index (χ4n) is 3.81. The molecule has 0 spiro atoms. The van der Waals surface area contributed by atoms with Gasteiger partial charge in [-0.3, -0.25) is 0 Å². The number of hydrogen-bond donors (Lipinski definition) is 0. The molecule has 0 N–H and O–H groups in total. The molecule has 0 amide bonds. The maximum atomic E-state index is 6.58. The summed E-state index contributed by atoms with van der Waals surface area (Å²) in [4.78, 5) is 9.22. The first kappa shape index (κ1) is 20.8. The molecule has 3 aromatic carbocycles. The van der Waals surface area contributed by atoms with E-state index in [9.17, 15) is 0 Å². The molecule has 7 heteroatoms. The smallest absolute Gasteiger partial charge is 0.161 e. The highest BCUT2D eigenvalue weighted by Crippen LogP contribution is 2.34. The summed E-state index contributed by atoms with van der Waals surface area (Å²) in [5.74, 6) is 2.23. The number of aromatic nitrogens is 4. The van der Waals surface area contributed by atoms with Crippen LogP contribution in [0.25, 0.3) is 33.9 Å². The Hall–Kier alpha value is -4.03. The average Bonchev–Trinajstić information content (AvgIpc) is 3.51. The minimum Gasteiger partial charge on any atom is -0.497 e. The van der Waals surface area contributed by atoms with Crippen LogP contribution in [0.1, 0.15) is 0 Å². The first-order chi connectivity index (χ1) is 16.2. The Morgan fingerprint density at radius 3 is 2.09 bits per heavy atom. The Morgan fingerprint density at radius 2 is 1.42 bits per heavy atom. The molecule has 5 rings (SSSR count). The molecule has 164 valence electrons. The summed E-state index contributed by atoms with van der Waals surface area (Å²) in [6, 6.07) is 23.4. The molecular weight excluding hydrogens is 436 g/mol. The normalized spacial score (nSPS) is 10.9. The first-order valence-corrected chi connectivity index (χ1v) is 10.7. The Morgan fingerprint density at radius 1 is 0.758 bits per heavy atom. The third kappa shape index (κ3) is 3.85. The highest BCUT2D eigenvalue weighted by atomic mass is 35.5. The summed E-state index contributed by atoms with van der Waals surface area (Å²) in [6.07, 6.45) is 5.42. The van der Waals surface area contributed by atoms with Gasteiger partial charge < -0.3 is 9.47 Å². The van der Waals surface area contributed by atoms with Crippen molar-refractivity contribution in [2.75, 3.05) is 14.2 Å². The lowest BCUT2D eigenvalue weighted by atomic mass is 10.1. The van der Waals surface area contributed by atoms with Crippen LogP contribution in [0.4, 0.5) is 0 Å². The molecule has 0 atom stereocenters. The van der Waals surface area contributed by atoms with E-state index in [1.165, 1.54) is 0 Å². The summed E-state index contributed by atoms with van der Waals surface area (Å²) < 4.78 is 14.9. The third-order valence-corrected chi connectivity index (χ3v) is 5.75. The van der Waals surface area contributed by atoms with Crippen LogP contribution in [0.15, 0.2) is 91.5 Å². The van der Waals surface area contributed by atoms with Gasteiger partial charge in [-0.1, -0.05) is 48.0 Å². The van der Waals surface area contributed by atoms with Crippen LogP contribution in [0.5, 0.6) is 11.5 Å². The van der Waals surface area contributed by atoms with Crippen molar-refractivity contribution in [3.8, 4) is 45.4 Å². The summed E-state index contributed by atoms with van der Waals surface area (Å²) in [5.41, 5.74) is 4.47. The molecule has 0 fully saturated rings. The fraction of sp³-hybridized carbons (Fsp3) is 0.0769. The van der Waals surface area contributed by atoms with Crippen LogP contribution in [-0.2, 0) is 0 Å². The number of hydrogen-bond acceptors (Lipinski definition) is 4. The van der Waals surface area contributed by atoms with E-state index in [0.717, 1.165) is 39.6 Å². The topological polar surface area (TPSA) is 54.1 Å². The van der Waals surface area contributed by atoms with Crippen molar-refractivity contribution in [3.63, 3.8) is 0 Å². The van der Waals surface area contributed by atoms with Crippen LogP contribution in [-0.4, -0.2) is 33.5 Å². The lowest BCUT2D eigenvalue weighted by Crippen LogP contribution is -2.13.